The second kappa shape index (κ2) is 5.14. The maximum Gasteiger partial charge on any atom is 0.318 e. The van der Waals surface area contributed by atoms with Gasteiger partial charge in [-0.2, -0.15) is 9.97 Å². The van der Waals surface area contributed by atoms with Crippen molar-refractivity contribution < 1.29 is 4.74 Å². The van der Waals surface area contributed by atoms with Crippen molar-refractivity contribution in [2.45, 2.75) is 13.5 Å². The SMILES string of the molecule is COc1nc(C)c2c(CN3CCNCC3)c[nH]c2n1. The Morgan fingerprint density at radius 3 is 2.84 bits per heavy atom. The van der Waals surface area contributed by atoms with Crippen LogP contribution in [0.4, 0.5) is 0 Å². The van der Waals surface area contributed by atoms with E-state index in [4.69, 9.17) is 4.74 Å². The largest absolute Gasteiger partial charge is 0.467 e. The first-order chi connectivity index (χ1) is 9.28. The number of methoxy groups -OCH3 is 1. The molecule has 2 aromatic heterocycles. The highest BCUT2D eigenvalue weighted by molar-refractivity contribution is 5.82. The molecule has 102 valence electrons. The van der Waals surface area contributed by atoms with Crippen LogP contribution in [0.25, 0.3) is 11.0 Å². The number of hydrogen-bond acceptors (Lipinski definition) is 5. The Hall–Kier alpha value is -1.66. The lowest BCUT2D eigenvalue weighted by atomic mass is 10.2. The van der Waals surface area contributed by atoms with E-state index in [0.717, 1.165) is 49.5 Å². The number of fused-ring (bicyclic) bond motifs is 1. The number of H-pyrrole nitrogens is 1. The highest BCUT2D eigenvalue weighted by atomic mass is 16.5. The fourth-order valence-corrected chi connectivity index (χ4v) is 2.59. The fraction of sp³-hybridized carbons (Fsp3) is 0.538. The van der Waals surface area contributed by atoms with Crippen LogP contribution in [0.2, 0.25) is 0 Å². The van der Waals surface area contributed by atoms with Crippen LogP contribution in [-0.4, -0.2) is 53.1 Å². The topological polar surface area (TPSA) is 66.1 Å². The number of ether oxygens (including phenoxy) is 1. The minimum absolute atomic E-state index is 0.417. The number of aromatic nitrogens is 3. The molecule has 2 N–H and O–H groups in total. The molecule has 3 rings (SSSR count). The van der Waals surface area contributed by atoms with Gasteiger partial charge in [-0.05, 0) is 12.5 Å². The minimum Gasteiger partial charge on any atom is -0.467 e. The first-order valence-electron chi connectivity index (χ1n) is 6.59. The van der Waals surface area contributed by atoms with Crippen LogP contribution < -0.4 is 10.1 Å². The van der Waals surface area contributed by atoms with Crippen molar-refractivity contribution in [1.82, 2.24) is 25.2 Å². The molecule has 6 nitrogen and oxygen atoms in total. The van der Waals surface area contributed by atoms with E-state index in [1.807, 2.05) is 13.1 Å². The Labute approximate surface area is 112 Å². The lowest BCUT2D eigenvalue weighted by Crippen LogP contribution is -2.42. The van der Waals surface area contributed by atoms with Gasteiger partial charge in [-0.3, -0.25) is 4.90 Å². The number of aromatic amines is 1. The van der Waals surface area contributed by atoms with E-state index < -0.39 is 0 Å². The van der Waals surface area contributed by atoms with E-state index in [1.165, 1.54) is 5.56 Å². The van der Waals surface area contributed by atoms with Crippen LogP contribution in [0.3, 0.4) is 0 Å². The highest BCUT2D eigenvalue weighted by Crippen LogP contribution is 2.23. The van der Waals surface area contributed by atoms with Crippen LogP contribution in [0.1, 0.15) is 11.3 Å². The lowest BCUT2D eigenvalue weighted by molar-refractivity contribution is 0.234. The van der Waals surface area contributed by atoms with Crippen molar-refractivity contribution in [1.29, 1.82) is 0 Å². The molecular weight excluding hydrogens is 242 g/mol. The van der Waals surface area contributed by atoms with Crippen molar-refractivity contribution in [2.24, 2.45) is 0 Å². The molecule has 0 aliphatic carbocycles. The zero-order valence-electron chi connectivity index (χ0n) is 11.4. The van der Waals surface area contributed by atoms with Gasteiger partial charge in [-0.25, -0.2) is 0 Å². The van der Waals surface area contributed by atoms with Gasteiger partial charge in [0, 0.05) is 44.3 Å². The second-order valence-corrected chi connectivity index (χ2v) is 4.86. The zero-order chi connectivity index (χ0) is 13.2. The molecular formula is C13H19N5O. The summed E-state index contributed by atoms with van der Waals surface area (Å²) in [6, 6.07) is 0.417. The van der Waals surface area contributed by atoms with Crippen LogP contribution in [-0.2, 0) is 6.54 Å². The van der Waals surface area contributed by atoms with E-state index in [2.05, 4.69) is 25.2 Å². The first-order valence-corrected chi connectivity index (χ1v) is 6.59. The molecule has 2 aromatic rings. The molecule has 0 amide bonds. The lowest BCUT2D eigenvalue weighted by Gasteiger charge is -2.26. The molecule has 0 radical (unpaired) electrons. The van der Waals surface area contributed by atoms with Crippen LogP contribution in [0, 0.1) is 6.92 Å². The molecule has 0 unspecified atom stereocenters. The molecule has 1 aliphatic heterocycles. The second-order valence-electron chi connectivity index (χ2n) is 4.86. The first kappa shape index (κ1) is 12.4. The number of rotatable bonds is 3. The Kier molecular flexibility index (Phi) is 3.35. The molecule has 0 bridgehead atoms. The van der Waals surface area contributed by atoms with E-state index in [9.17, 15) is 0 Å². The summed E-state index contributed by atoms with van der Waals surface area (Å²) in [4.78, 5) is 14.4. The van der Waals surface area contributed by atoms with Gasteiger partial charge in [0.25, 0.3) is 0 Å². The summed E-state index contributed by atoms with van der Waals surface area (Å²) in [6.45, 7) is 7.24. The maximum absolute atomic E-state index is 5.10. The normalized spacial score (nSPS) is 16.9. The van der Waals surface area contributed by atoms with Crippen molar-refractivity contribution in [2.75, 3.05) is 33.3 Å². The Balaban J connectivity index is 1.91. The summed E-state index contributed by atoms with van der Waals surface area (Å²) >= 11 is 0. The van der Waals surface area contributed by atoms with E-state index in [1.54, 1.807) is 7.11 Å². The van der Waals surface area contributed by atoms with E-state index >= 15 is 0 Å². The predicted octanol–water partition coefficient (Wildman–Crippen LogP) is 0.680. The summed E-state index contributed by atoms with van der Waals surface area (Å²) < 4.78 is 5.10. The van der Waals surface area contributed by atoms with Gasteiger partial charge >= 0.3 is 6.01 Å². The number of aryl methyl sites for hydroxylation is 1. The number of nitrogens with zero attached hydrogens (tertiary/aromatic N) is 3. The molecule has 0 saturated carbocycles. The van der Waals surface area contributed by atoms with Crippen molar-refractivity contribution in [3.05, 3.63) is 17.5 Å². The van der Waals surface area contributed by atoms with Crippen molar-refractivity contribution in [3.8, 4) is 6.01 Å². The monoisotopic (exact) mass is 261 g/mol. The Morgan fingerprint density at radius 1 is 1.32 bits per heavy atom. The molecule has 0 atom stereocenters. The third-order valence-electron chi connectivity index (χ3n) is 3.56. The summed E-state index contributed by atoms with van der Waals surface area (Å²) in [5.74, 6) is 0. The molecule has 19 heavy (non-hydrogen) atoms. The fourth-order valence-electron chi connectivity index (χ4n) is 2.59. The van der Waals surface area contributed by atoms with Crippen molar-refractivity contribution in [3.63, 3.8) is 0 Å². The molecule has 1 aliphatic rings. The summed E-state index contributed by atoms with van der Waals surface area (Å²) in [5, 5.41) is 4.49. The Morgan fingerprint density at radius 2 is 2.11 bits per heavy atom. The average molecular weight is 261 g/mol. The van der Waals surface area contributed by atoms with Gasteiger partial charge in [0.15, 0.2) is 0 Å². The molecule has 6 heteroatoms. The quantitative estimate of drug-likeness (QED) is 0.850. The number of nitrogens with one attached hydrogen (secondary N) is 2. The van der Waals surface area contributed by atoms with Gasteiger partial charge < -0.3 is 15.0 Å². The highest BCUT2D eigenvalue weighted by Gasteiger charge is 2.15. The molecule has 1 fully saturated rings. The van der Waals surface area contributed by atoms with Gasteiger partial charge in [0.2, 0.25) is 0 Å². The summed E-state index contributed by atoms with van der Waals surface area (Å²) in [5.41, 5.74) is 3.08. The standard InChI is InChI=1S/C13H19N5O/c1-9-11-10(8-18-5-3-14-4-6-18)7-15-12(11)17-13(16-9)19-2/h7,14H,3-6,8H2,1-2H3,(H,15,16,17). The Bertz CT molecular complexity index is 574. The van der Waals surface area contributed by atoms with E-state index in [0.29, 0.717) is 6.01 Å². The smallest absolute Gasteiger partial charge is 0.318 e. The third kappa shape index (κ3) is 2.41. The number of piperazine rings is 1. The maximum atomic E-state index is 5.10. The number of hydrogen-bond donors (Lipinski definition) is 2. The van der Waals surface area contributed by atoms with Gasteiger partial charge in [0.05, 0.1) is 12.8 Å². The van der Waals surface area contributed by atoms with Gasteiger partial charge in [-0.15, -0.1) is 0 Å². The van der Waals surface area contributed by atoms with Crippen LogP contribution in [0.15, 0.2) is 6.20 Å². The average Bonchev–Trinajstić information content (AvgIpc) is 2.83. The third-order valence-corrected chi connectivity index (χ3v) is 3.56. The molecule has 1 saturated heterocycles. The summed E-state index contributed by atoms with van der Waals surface area (Å²) in [6.07, 6.45) is 2.04. The van der Waals surface area contributed by atoms with Gasteiger partial charge in [0.1, 0.15) is 5.65 Å². The minimum atomic E-state index is 0.417. The molecule has 0 spiro atoms. The van der Waals surface area contributed by atoms with Crippen LogP contribution in [0.5, 0.6) is 6.01 Å². The van der Waals surface area contributed by atoms with Crippen molar-refractivity contribution >= 4 is 11.0 Å². The summed E-state index contributed by atoms with van der Waals surface area (Å²) in [7, 11) is 1.59. The predicted molar refractivity (Wildman–Crippen MR) is 73.3 cm³/mol. The zero-order valence-corrected chi connectivity index (χ0v) is 11.4. The van der Waals surface area contributed by atoms with E-state index in [-0.39, 0.29) is 0 Å². The molecule has 3 heterocycles. The van der Waals surface area contributed by atoms with Gasteiger partial charge in [-0.1, -0.05) is 0 Å². The molecule has 0 aromatic carbocycles. The van der Waals surface area contributed by atoms with Crippen LogP contribution >= 0.6 is 0 Å².